The van der Waals surface area contributed by atoms with E-state index in [4.69, 9.17) is 26.4 Å². The van der Waals surface area contributed by atoms with E-state index in [2.05, 4.69) is 41.5 Å². The summed E-state index contributed by atoms with van der Waals surface area (Å²) in [4.78, 5) is 0. The minimum absolute atomic E-state index is 0. The molecule has 9 atom stereocenters. The van der Waals surface area contributed by atoms with Crippen molar-refractivity contribution in [2.75, 3.05) is 6.61 Å². The molecule has 5 nitrogen and oxygen atoms in total. The Kier molecular flexibility index (Phi) is 12.0. The molecule has 2 rings (SSSR count). The fourth-order valence-electron chi connectivity index (χ4n) is 4.36. The molecule has 28 heavy (non-hydrogen) atoms. The summed E-state index contributed by atoms with van der Waals surface area (Å²) in [6.45, 7) is 15.4. The molecule has 8 heteroatoms. The van der Waals surface area contributed by atoms with E-state index in [9.17, 15) is 4.57 Å². The van der Waals surface area contributed by atoms with Gasteiger partial charge in [0.1, 0.15) is 7.85 Å². The Hall–Kier alpha value is 1.24. The average Bonchev–Trinajstić information content (AvgIpc) is 3.00. The van der Waals surface area contributed by atoms with Gasteiger partial charge in [0.15, 0.2) is 0 Å². The first kappa shape index (κ1) is 27.3. The van der Waals surface area contributed by atoms with Crippen LogP contribution >= 0.6 is 8.25 Å². The van der Waals surface area contributed by atoms with Gasteiger partial charge in [0.25, 0.3) is 0 Å². The quantitative estimate of drug-likeness (QED) is 0.354. The van der Waals surface area contributed by atoms with Crippen molar-refractivity contribution in [3.8, 4) is 0 Å². The Bertz CT molecular complexity index is 495. The van der Waals surface area contributed by atoms with E-state index < -0.39 is 8.25 Å². The summed E-state index contributed by atoms with van der Waals surface area (Å²) in [5.74, 6) is 1.94. The van der Waals surface area contributed by atoms with Crippen molar-refractivity contribution in [3.63, 3.8) is 0 Å². The van der Waals surface area contributed by atoms with Crippen LogP contribution in [0.25, 0.3) is 0 Å². The van der Waals surface area contributed by atoms with Crippen LogP contribution in [0.2, 0.25) is 0 Å². The van der Waals surface area contributed by atoms with Crippen LogP contribution in [-0.4, -0.2) is 44.9 Å². The number of hydrogen-bond acceptors (Lipinski definition) is 5. The molecule has 0 N–H and O–H groups in total. The molecular formula is C20H38BO5PY. The second-order valence-electron chi connectivity index (χ2n) is 9.17. The predicted octanol–water partition coefficient (Wildman–Crippen LogP) is 4.44. The Morgan fingerprint density at radius 2 is 1.71 bits per heavy atom. The first-order valence-electron chi connectivity index (χ1n) is 10.5. The number of rotatable bonds is 9. The van der Waals surface area contributed by atoms with Crippen LogP contribution < -0.4 is 0 Å². The van der Waals surface area contributed by atoms with Crippen molar-refractivity contribution in [2.45, 2.75) is 91.7 Å². The third-order valence-corrected chi connectivity index (χ3v) is 7.12. The molecule has 2 heterocycles. The maximum Gasteiger partial charge on any atom is 0.319 e. The number of ether oxygens (including phenoxy) is 2. The van der Waals surface area contributed by atoms with Gasteiger partial charge in [-0.25, -0.2) is 0 Å². The molecule has 3 unspecified atom stereocenters. The Labute approximate surface area is 199 Å². The third-order valence-electron chi connectivity index (χ3n) is 6.21. The van der Waals surface area contributed by atoms with Crippen LogP contribution in [0.5, 0.6) is 0 Å². The van der Waals surface area contributed by atoms with Crippen molar-refractivity contribution < 1.29 is 55.8 Å². The Balaban J connectivity index is 0.00000392. The van der Waals surface area contributed by atoms with E-state index in [1.807, 2.05) is 6.92 Å². The van der Waals surface area contributed by atoms with E-state index in [0.717, 1.165) is 12.8 Å². The van der Waals surface area contributed by atoms with Crippen LogP contribution in [0.15, 0.2) is 0 Å². The molecule has 0 aromatic rings. The first-order chi connectivity index (χ1) is 12.6. The SMILES string of the molecule is [B][C@@H]1O[C@H](C(C)C)C(O[PH](=O)OCC[C@H]2O[C@@H](C)[C@@H](C)C2CC(C)C)[C@@H]1C.[Y]. The van der Waals surface area contributed by atoms with Gasteiger partial charge < -0.3 is 18.5 Å². The molecule has 3 radical (unpaired) electrons. The van der Waals surface area contributed by atoms with Crippen molar-refractivity contribution in [1.82, 2.24) is 0 Å². The summed E-state index contributed by atoms with van der Waals surface area (Å²) in [6.07, 6.45) is 1.88. The topological polar surface area (TPSA) is 54.0 Å². The summed E-state index contributed by atoms with van der Waals surface area (Å²) in [5.41, 5.74) is 0. The summed E-state index contributed by atoms with van der Waals surface area (Å²) in [6, 6.07) is -0.385. The summed E-state index contributed by atoms with van der Waals surface area (Å²) in [5, 5.41) is 0. The molecule has 159 valence electrons. The van der Waals surface area contributed by atoms with Gasteiger partial charge >= 0.3 is 8.25 Å². The minimum Gasteiger partial charge on any atom is -0.381 e. The first-order valence-corrected chi connectivity index (χ1v) is 11.7. The van der Waals surface area contributed by atoms with Crippen molar-refractivity contribution in [2.24, 2.45) is 29.6 Å². The van der Waals surface area contributed by atoms with E-state index in [1.165, 1.54) is 0 Å². The summed E-state index contributed by atoms with van der Waals surface area (Å²) in [7, 11) is 3.39. The van der Waals surface area contributed by atoms with Crippen LogP contribution in [0.3, 0.4) is 0 Å². The molecule has 2 saturated heterocycles. The molecule has 0 spiro atoms. The third kappa shape index (κ3) is 7.14. The van der Waals surface area contributed by atoms with Crippen molar-refractivity contribution in [1.29, 1.82) is 0 Å². The minimum atomic E-state index is -2.59. The Morgan fingerprint density at radius 1 is 1.07 bits per heavy atom. The van der Waals surface area contributed by atoms with Crippen LogP contribution in [-0.2, 0) is 55.8 Å². The molecule has 2 aliphatic heterocycles. The van der Waals surface area contributed by atoms with Gasteiger partial charge in [-0.2, -0.15) is 0 Å². The van der Waals surface area contributed by atoms with Gasteiger partial charge in [-0.05, 0) is 43.4 Å². The molecule has 0 bridgehead atoms. The zero-order valence-corrected chi connectivity index (χ0v) is 22.4. The normalized spacial score (nSPS) is 39.5. The zero-order chi connectivity index (χ0) is 20.3. The van der Waals surface area contributed by atoms with Gasteiger partial charge in [0, 0.05) is 44.6 Å². The predicted molar refractivity (Wildman–Crippen MR) is 109 cm³/mol. The summed E-state index contributed by atoms with van der Waals surface area (Å²) >= 11 is 0. The standard InChI is InChI=1S/C20H38BO5P.Y/c1-11(2)10-16-13(5)15(7)24-17(16)8-9-23-27(22)26-19-14(6)20(21)25-18(19)12(3)4;/h11-20,27H,8-10H2,1-7H3;/t13-,14+,15+,16?,17-,18-,19?,20-;/m1./s1. The second-order valence-corrected chi connectivity index (χ2v) is 10.2. The van der Waals surface area contributed by atoms with E-state index in [0.29, 0.717) is 24.4 Å². The van der Waals surface area contributed by atoms with Crippen LogP contribution in [0, 0.1) is 29.6 Å². The van der Waals surface area contributed by atoms with Gasteiger partial charge in [-0.1, -0.05) is 41.5 Å². The van der Waals surface area contributed by atoms with Gasteiger partial charge in [-0.15, -0.1) is 0 Å². The largest absolute Gasteiger partial charge is 0.381 e. The van der Waals surface area contributed by atoms with Gasteiger partial charge in [-0.3, -0.25) is 4.57 Å². The second kappa shape index (κ2) is 12.3. The Morgan fingerprint density at radius 3 is 2.29 bits per heavy atom. The molecule has 0 saturated carbocycles. The fraction of sp³-hybridized carbons (Fsp3) is 1.00. The molecule has 0 aliphatic carbocycles. The maximum atomic E-state index is 12.4. The molecular weight excluding hydrogens is 451 g/mol. The van der Waals surface area contributed by atoms with Crippen molar-refractivity contribution >= 4 is 16.1 Å². The van der Waals surface area contributed by atoms with E-state index in [-0.39, 0.29) is 75.0 Å². The van der Waals surface area contributed by atoms with E-state index in [1.54, 1.807) is 0 Å². The maximum absolute atomic E-state index is 12.4. The fourth-order valence-corrected chi connectivity index (χ4v) is 5.29. The molecule has 0 aromatic heterocycles. The van der Waals surface area contributed by atoms with Gasteiger partial charge in [0.05, 0.1) is 31.0 Å². The summed E-state index contributed by atoms with van der Waals surface area (Å²) < 4.78 is 35.6. The van der Waals surface area contributed by atoms with Gasteiger partial charge in [0.2, 0.25) is 0 Å². The monoisotopic (exact) mass is 489 g/mol. The number of hydrogen-bond donors (Lipinski definition) is 0. The van der Waals surface area contributed by atoms with E-state index >= 15 is 0 Å². The molecule has 0 aromatic carbocycles. The molecule has 2 fully saturated rings. The van der Waals surface area contributed by atoms with Crippen LogP contribution in [0.1, 0.15) is 61.3 Å². The zero-order valence-electron chi connectivity index (χ0n) is 18.6. The molecule has 0 amide bonds. The average molecular weight is 489 g/mol. The van der Waals surface area contributed by atoms with Crippen LogP contribution in [0.4, 0.5) is 0 Å². The molecule has 2 aliphatic rings. The smallest absolute Gasteiger partial charge is 0.319 e. The van der Waals surface area contributed by atoms with Crippen molar-refractivity contribution in [3.05, 3.63) is 0 Å².